The van der Waals surface area contributed by atoms with E-state index in [1.165, 1.54) is 30.2 Å². The molecule has 1 aliphatic rings. The molecule has 3 N–H and O–H groups in total. The van der Waals surface area contributed by atoms with Crippen molar-refractivity contribution in [1.82, 2.24) is 15.2 Å². The highest BCUT2D eigenvalue weighted by atomic mass is 19.1. The molecule has 8 nitrogen and oxygen atoms in total. The van der Waals surface area contributed by atoms with Crippen molar-refractivity contribution in [2.75, 3.05) is 33.1 Å². The molecule has 0 bridgehead atoms. The van der Waals surface area contributed by atoms with Gasteiger partial charge in [-0.15, -0.1) is 0 Å². The number of methoxy groups -OCH3 is 1. The molecule has 9 heteroatoms. The Balaban J connectivity index is 1.86. The Morgan fingerprint density at radius 2 is 2.00 bits per heavy atom. The predicted octanol–water partition coefficient (Wildman–Crippen LogP) is 2.10. The number of amides is 3. The average Bonchev–Trinajstić information content (AvgIpc) is 3.17. The Labute approximate surface area is 179 Å². The van der Waals surface area contributed by atoms with Crippen molar-refractivity contribution in [3.8, 4) is 0 Å². The second-order valence-corrected chi connectivity index (χ2v) is 7.53. The van der Waals surface area contributed by atoms with Crippen molar-refractivity contribution >= 4 is 35.1 Å². The van der Waals surface area contributed by atoms with Crippen LogP contribution in [0.5, 0.6) is 0 Å². The summed E-state index contributed by atoms with van der Waals surface area (Å²) in [5.41, 5.74) is 3.53. The van der Waals surface area contributed by atoms with Gasteiger partial charge in [-0.2, -0.15) is 0 Å². The van der Waals surface area contributed by atoms with Crippen LogP contribution in [0.4, 0.5) is 10.1 Å². The number of halogens is 1. The smallest absolute Gasteiger partial charge is 0.256 e. The number of ether oxygens (including phenoxy) is 1. The molecule has 1 unspecified atom stereocenters. The number of fused-ring (bicyclic) bond motifs is 1. The van der Waals surface area contributed by atoms with Gasteiger partial charge in [0.05, 0.1) is 17.7 Å². The van der Waals surface area contributed by atoms with Gasteiger partial charge in [0.25, 0.3) is 17.7 Å². The fourth-order valence-corrected chi connectivity index (χ4v) is 3.54. The third-order valence-corrected chi connectivity index (χ3v) is 5.21. The molecule has 0 radical (unpaired) electrons. The van der Waals surface area contributed by atoms with Crippen LogP contribution in [0, 0.1) is 19.7 Å². The first-order valence-electron chi connectivity index (χ1n) is 9.68. The van der Waals surface area contributed by atoms with Crippen LogP contribution < -0.4 is 10.6 Å². The summed E-state index contributed by atoms with van der Waals surface area (Å²) in [5.74, 6) is -1.41. The van der Waals surface area contributed by atoms with E-state index in [1.54, 1.807) is 34.0 Å². The molecule has 1 aromatic carbocycles. The van der Waals surface area contributed by atoms with Crippen LogP contribution in [-0.2, 0) is 14.3 Å². The van der Waals surface area contributed by atoms with Crippen molar-refractivity contribution in [1.29, 1.82) is 0 Å². The van der Waals surface area contributed by atoms with Crippen LogP contribution in [-0.4, -0.2) is 61.5 Å². The number of nitrogens with zero attached hydrogens (tertiary/aromatic N) is 1. The van der Waals surface area contributed by atoms with Gasteiger partial charge in [-0.25, -0.2) is 4.39 Å². The molecule has 2 aromatic rings. The maximum atomic E-state index is 13.7. The largest absolute Gasteiger partial charge is 0.370 e. The van der Waals surface area contributed by atoms with Crippen molar-refractivity contribution in [3.63, 3.8) is 0 Å². The van der Waals surface area contributed by atoms with Gasteiger partial charge in [-0.1, -0.05) is 0 Å². The van der Waals surface area contributed by atoms with Crippen LogP contribution in [0.1, 0.15) is 32.9 Å². The number of nitrogens with one attached hydrogen (secondary N) is 3. The highest BCUT2D eigenvalue weighted by Crippen LogP contribution is 2.34. The first-order chi connectivity index (χ1) is 14.6. The SMILES string of the molecule is COC(CNC(=O)c1c(C)[nH]c(C=C2C(=O)Nc3ccc(F)cc32)c1C)C(=O)N(C)C. The van der Waals surface area contributed by atoms with E-state index in [2.05, 4.69) is 15.6 Å². The van der Waals surface area contributed by atoms with Crippen LogP contribution in [0.25, 0.3) is 11.6 Å². The van der Waals surface area contributed by atoms with E-state index >= 15 is 0 Å². The maximum absolute atomic E-state index is 13.7. The number of hydrogen-bond donors (Lipinski definition) is 3. The van der Waals surface area contributed by atoms with Crippen molar-refractivity contribution in [3.05, 3.63) is 52.1 Å². The first kappa shape index (κ1) is 22.2. The number of H-pyrrole nitrogens is 1. The molecular formula is C22H25FN4O4. The summed E-state index contributed by atoms with van der Waals surface area (Å²) in [5, 5.41) is 5.43. The van der Waals surface area contributed by atoms with Crippen LogP contribution in [0.3, 0.4) is 0 Å². The second-order valence-electron chi connectivity index (χ2n) is 7.53. The number of aromatic amines is 1. The monoisotopic (exact) mass is 428 g/mol. The van der Waals surface area contributed by atoms with E-state index in [0.717, 1.165) is 0 Å². The number of rotatable bonds is 6. The third kappa shape index (κ3) is 4.36. The molecule has 0 spiro atoms. The number of benzene rings is 1. The lowest BCUT2D eigenvalue weighted by atomic mass is 10.0. The Morgan fingerprint density at radius 1 is 1.29 bits per heavy atom. The fraction of sp³-hybridized carbons (Fsp3) is 0.318. The molecule has 0 aliphatic carbocycles. The lowest BCUT2D eigenvalue weighted by Crippen LogP contribution is -2.43. The van der Waals surface area contributed by atoms with Gasteiger partial charge >= 0.3 is 0 Å². The molecular weight excluding hydrogens is 403 g/mol. The molecule has 1 atom stereocenters. The molecule has 1 aromatic heterocycles. The summed E-state index contributed by atoms with van der Waals surface area (Å²) < 4.78 is 18.8. The number of aryl methyl sites for hydroxylation is 1. The van der Waals surface area contributed by atoms with Crippen molar-refractivity contribution < 1.29 is 23.5 Å². The summed E-state index contributed by atoms with van der Waals surface area (Å²) in [6.45, 7) is 3.51. The van der Waals surface area contributed by atoms with Gasteiger partial charge in [-0.3, -0.25) is 14.4 Å². The van der Waals surface area contributed by atoms with Gasteiger partial charge in [0.15, 0.2) is 6.10 Å². The van der Waals surface area contributed by atoms with Gasteiger partial charge < -0.3 is 25.3 Å². The summed E-state index contributed by atoms with van der Waals surface area (Å²) in [7, 11) is 4.63. The number of carbonyl (C=O) groups is 3. The maximum Gasteiger partial charge on any atom is 0.256 e. The zero-order valence-corrected chi connectivity index (χ0v) is 18.1. The predicted molar refractivity (Wildman–Crippen MR) is 115 cm³/mol. The van der Waals surface area contributed by atoms with Crippen LogP contribution in [0.2, 0.25) is 0 Å². The van der Waals surface area contributed by atoms with Gasteiger partial charge in [-0.05, 0) is 43.7 Å². The number of hydrogen-bond acceptors (Lipinski definition) is 4. The molecule has 31 heavy (non-hydrogen) atoms. The number of carbonyl (C=O) groups excluding carboxylic acids is 3. The molecule has 0 saturated heterocycles. The zero-order valence-electron chi connectivity index (χ0n) is 18.1. The molecule has 1 aliphatic heterocycles. The summed E-state index contributed by atoms with van der Waals surface area (Å²) in [4.78, 5) is 41.8. The lowest BCUT2D eigenvalue weighted by Gasteiger charge is -2.19. The van der Waals surface area contributed by atoms with Gasteiger partial charge in [0, 0.05) is 43.8 Å². The van der Waals surface area contributed by atoms with E-state index in [-0.39, 0.29) is 24.3 Å². The summed E-state index contributed by atoms with van der Waals surface area (Å²) in [6, 6.07) is 4.09. The minimum absolute atomic E-state index is 0.0158. The van der Waals surface area contributed by atoms with E-state index in [4.69, 9.17) is 4.74 Å². The molecule has 3 amide bonds. The summed E-state index contributed by atoms with van der Waals surface area (Å²) in [6.07, 6.45) is 0.807. The van der Waals surface area contributed by atoms with E-state index in [1.807, 2.05) is 0 Å². The molecule has 2 heterocycles. The third-order valence-electron chi connectivity index (χ3n) is 5.21. The Bertz CT molecular complexity index is 1090. The number of aromatic nitrogens is 1. The Kier molecular flexibility index (Phi) is 6.26. The summed E-state index contributed by atoms with van der Waals surface area (Å²) >= 11 is 0. The quantitative estimate of drug-likeness (QED) is 0.613. The number of likely N-dealkylation sites (N-methyl/N-ethyl adjacent to an activating group) is 1. The van der Waals surface area contributed by atoms with Crippen molar-refractivity contribution in [2.24, 2.45) is 0 Å². The second kappa shape index (κ2) is 8.73. The Morgan fingerprint density at radius 3 is 2.65 bits per heavy atom. The van der Waals surface area contributed by atoms with E-state index < -0.39 is 11.9 Å². The van der Waals surface area contributed by atoms with Gasteiger partial charge in [0.2, 0.25) is 0 Å². The minimum atomic E-state index is -0.798. The van der Waals surface area contributed by atoms with Gasteiger partial charge in [0.1, 0.15) is 5.82 Å². The van der Waals surface area contributed by atoms with Crippen LogP contribution in [0.15, 0.2) is 18.2 Å². The van der Waals surface area contributed by atoms with Crippen molar-refractivity contribution in [2.45, 2.75) is 20.0 Å². The van der Waals surface area contributed by atoms with E-state index in [9.17, 15) is 18.8 Å². The fourth-order valence-electron chi connectivity index (χ4n) is 3.54. The molecule has 0 saturated carbocycles. The van der Waals surface area contributed by atoms with E-state index in [0.29, 0.717) is 39.3 Å². The highest BCUT2D eigenvalue weighted by Gasteiger charge is 2.27. The minimum Gasteiger partial charge on any atom is -0.370 e. The zero-order chi connectivity index (χ0) is 22.9. The van der Waals surface area contributed by atoms with Crippen LogP contribution >= 0.6 is 0 Å². The molecule has 0 fully saturated rings. The molecule has 3 rings (SSSR count). The standard InChI is InChI=1S/C22H25FN4O4/c1-11-17(9-15-14-8-13(23)6-7-16(14)26-20(15)28)25-12(2)19(11)21(29)24-10-18(31-5)22(30)27(3)4/h6-9,18,25H,10H2,1-5H3,(H,24,29)(H,26,28). The Hall–Kier alpha value is -3.46. The lowest BCUT2D eigenvalue weighted by molar-refractivity contribution is -0.138. The normalized spacial score (nSPS) is 14.9. The molecule has 164 valence electrons. The average molecular weight is 428 g/mol. The highest BCUT2D eigenvalue weighted by molar-refractivity contribution is 6.34. The topological polar surface area (TPSA) is 104 Å². The number of anilines is 1. The first-order valence-corrected chi connectivity index (χ1v) is 9.68.